The number of carbonyl (C=O) groups excluding carboxylic acids is 1. The van der Waals surface area contributed by atoms with E-state index in [1.165, 1.54) is 5.56 Å². The van der Waals surface area contributed by atoms with E-state index in [2.05, 4.69) is 12.1 Å². The number of rotatable bonds is 3. The third-order valence-electron chi connectivity index (χ3n) is 5.12. The molecule has 0 heterocycles. The smallest absolute Gasteiger partial charge is 0.550 e. The van der Waals surface area contributed by atoms with Crippen molar-refractivity contribution in [2.75, 3.05) is 0 Å². The summed E-state index contributed by atoms with van der Waals surface area (Å²) >= 11 is 0. The Bertz CT molecular complexity index is 470. The Labute approximate surface area is 141 Å². The SMILES string of the molecule is O=C([O-])Cc1ccc(C23CCC(O)(CC2)CC3)cc1.[Na+]. The summed E-state index contributed by atoms with van der Waals surface area (Å²) in [5.74, 6) is -1.04. The molecule has 1 aromatic rings. The Morgan fingerprint density at radius 1 is 1.05 bits per heavy atom. The summed E-state index contributed by atoms with van der Waals surface area (Å²) in [6, 6.07) is 7.92. The van der Waals surface area contributed by atoms with Crippen LogP contribution in [0.15, 0.2) is 24.3 Å². The Morgan fingerprint density at radius 3 is 2.00 bits per heavy atom. The third kappa shape index (κ3) is 2.96. The van der Waals surface area contributed by atoms with Gasteiger partial charge in [-0.15, -0.1) is 0 Å². The zero-order chi connectivity index (χ0) is 13.5. The maximum atomic E-state index is 10.6. The maximum Gasteiger partial charge on any atom is 1.00 e. The molecule has 2 bridgehead atoms. The molecule has 4 heteroatoms. The van der Waals surface area contributed by atoms with Gasteiger partial charge in [-0.3, -0.25) is 0 Å². The predicted molar refractivity (Wildman–Crippen MR) is 69.5 cm³/mol. The van der Waals surface area contributed by atoms with Gasteiger partial charge in [0.2, 0.25) is 0 Å². The number of aliphatic carboxylic acids is 1. The van der Waals surface area contributed by atoms with Gasteiger partial charge in [-0.25, -0.2) is 0 Å². The normalized spacial score (nSPS) is 31.6. The van der Waals surface area contributed by atoms with E-state index in [1.54, 1.807) is 0 Å². The van der Waals surface area contributed by atoms with Crippen molar-refractivity contribution < 1.29 is 44.6 Å². The molecule has 0 unspecified atom stereocenters. The van der Waals surface area contributed by atoms with Crippen molar-refractivity contribution in [1.82, 2.24) is 0 Å². The van der Waals surface area contributed by atoms with Crippen LogP contribution in [0, 0.1) is 0 Å². The summed E-state index contributed by atoms with van der Waals surface area (Å²) in [5, 5.41) is 20.8. The molecule has 0 radical (unpaired) electrons. The van der Waals surface area contributed by atoms with Gasteiger partial charge in [-0.2, -0.15) is 0 Å². The molecule has 0 saturated heterocycles. The van der Waals surface area contributed by atoms with Crippen LogP contribution >= 0.6 is 0 Å². The van der Waals surface area contributed by atoms with E-state index in [0.29, 0.717) is 0 Å². The number of carboxylic acid groups (broad SMARTS) is 1. The fraction of sp³-hybridized carbons (Fsp3) is 0.562. The van der Waals surface area contributed by atoms with Gasteiger partial charge in [-0.05, 0) is 55.1 Å². The van der Waals surface area contributed by atoms with Gasteiger partial charge in [0.1, 0.15) is 0 Å². The second-order valence-corrected chi connectivity index (χ2v) is 6.25. The molecular formula is C16H19NaO3. The largest absolute Gasteiger partial charge is 1.00 e. The van der Waals surface area contributed by atoms with E-state index in [1.807, 2.05) is 12.1 Å². The molecule has 0 aliphatic heterocycles. The van der Waals surface area contributed by atoms with Crippen LogP contribution in [0.25, 0.3) is 0 Å². The number of carboxylic acids is 1. The maximum absolute atomic E-state index is 10.6. The van der Waals surface area contributed by atoms with Crippen LogP contribution in [0.4, 0.5) is 0 Å². The summed E-state index contributed by atoms with van der Waals surface area (Å²) in [6.45, 7) is 0. The number of aliphatic hydroxyl groups is 1. The van der Waals surface area contributed by atoms with Crippen LogP contribution in [-0.2, 0) is 16.6 Å². The summed E-state index contributed by atoms with van der Waals surface area (Å²) in [6.07, 6.45) is 5.80. The fourth-order valence-electron chi connectivity index (χ4n) is 3.74. The average molecular weight is 282 g/mol. The molecule has 102 valence electrons. The fourth-order valence-corrected chi connectivity index (χ4v) is 3.74. The topological polar surface area (TPSA) is 60.4 Å². The molecule has 4 rings (SSSR count). The molecule has 1 N–H and O–H groups in total. The Hall–Kier alpha value is -0.350. The Balaban J connectivity index is 0.00000147. The first-order valence-electron chi connectivity index (χ1n) is 7.03. The standard InChI is InChI=1S/C16H20O3.Na/c17-14(18)11-12-1-3-13(4-2-12)15-5-8-16(19,9-6-15)10-7-15;/h1-4,19H,5-11H2,(H,17,18);/q;+1/p-1. The molecule has 20 heavy (non-hydrogen) atoms. The quantitative estimate of drug-likeness (QED) is 0.674. The molecule has 3 aliphatic rings. The number of fused-ring (bicyclic) bond motifs is 3. The van der Waals surface area contributed by atoms with Crippen molar-refractivity contribution in [3.8, 4) is 0 Å². The van der Waals surface area contributed by atoms with Crippen LogP contribution in [0.3, 0.4) is 0 Å². The van der Waals surface area contributed by atoms with Crippen molar-refractivity contribution >= 4 is 5.97 Å². The van der Waals surface area contributed by atoms with Crippen LogP contribution in [0.1, 0.15) is 49.7 Å². The molecule has 3 saturated carbocycles. The molecule has 0 aromatic heterocycles. The molecule has 3 fully saturated rings. The Kier molecular flexibility index (Phi) is 4.65. The Morgan fingerprint density at radius 2 is 1.55 bits per heavy atom. The van der Waals surface area contributed by atoms with Gasteiger partial charge < -0.3 is 15.0 Å². The van der Waals surface area contributed by atoms with Gasteiger partial charge >= 0.3 is 29.6 Å². The molecule has 3 nitrogen and oxygen atoms in total. The zero-order valence-electron chi connectivity index (χ0n) is 12.0. The van der Waals surface area contributed by atoms with Crippen LogP contribution in [-0.4, -0.2) is 16.7 Å². The third-order valence-corrected chi connectivity index (χ3v) is 5.12. The zero-order valence-corrected chi connectivity index (χ0v) is 14.0. The predicted octanol–water partition coefficient (Wildman–Crippen LogP) is -1.68. The minimum absolute atomic E-state index is 0. The average Bonchev–Trinajstić information content (AvgIpc) is 2.40. The van der Waals surface area contributed by atoms with Crippen molar-refractivity contribution in [2.24, 2.45) is 0 Å². The molecule has 1 aromatic carbocycles. The van der Waals surface area contributed by atoms with Crippen molar-refractivity contribution in [3.05, 3.63) is 35.4 Å². The van der Waals surface area contributed by atoms with E-state index in [0.717, 1.165) is 44.1 Å². The van der Waals surface area contributed by atoms with E-state index in [9.17, 15) is 15.0 Å². The second kappa shape index (κ2) is 5.80. The van der Waals surface area contributed by atoms with E-state index in [4.69, 9.17) is 0 Å². The van der Waals surface area contributed by atoms with Gasteiger partial charge in [0.25, 0.3) is 0 Å². The number of benzene rings is 1. The van der Waals surface area contributed by atoms with Gasteiger partial charge in [0.15, 0.2) is 0 Å². The van der Waals surface area contributed by atoms with Crippen molar-refractivity contribution in [2.45, 2.75) is 56.0 Å². The van der Waals surface area contributed by atoms with Crippen molar-refractivity contribution in [1.29, 1.82) is 0 Å². The minimum Gasteiger partial charge on any atom is -0.550 e. The summed E-state index contributed by atoms with van der Waals surface area (Å²) < 4.78 is 0. The van der Waals surface area contributed by atoms with E-state index >= 15 is 0 Å². The molecular weight excluding hydrogens is 263 g/mol. The van der Waals surface area contributed by atoms with Crippen LogP contribution < -0.4 is 34.7 Å². The van der Waals surface area contributed by atoms with Crippen LogP contribution in [0.2, 0.25) is 0 Å². The minimum atomic E-state index is -1.04. The van der Waals surface area contributed by atoms with Crippen LogP contribution in [0.5, 0.6) is 0 Å². The number of hydrogen-bond donors (Lipinski definition) is 1. The molecule has 0 amide bonds. The number of carbonyl (C=O) groups is 1. The first kappa shape index (κ1) is 16.0. The summed E-state index contributed by atoms with van der Waals surface area (Å²) in [7, 11) is 0. The molecule has 0 spiro atoms. The first-order valence-corrected chi connectivity index (χ1v) is 7.03. The second-order valence-electron chi connectivity index (χ2n) is 6.25. The summed E-state index contributed by atoms with van der Waals surface area (Å²) in [5.41, 5.74) is 1.90. The monoisotopic (exact) mass is 282 g/mol. The first-order chi connectivity index (χ1) is 9.01. The van der Waals surface area contributed by atoms with E-state index in [-0.39, 0.29) is 41.4 Å². The van der Waals surface area contributed by atoms with Gasteiger partial charge in [-0.1, -0.05) is 24.3 Å². The summed E-state index contributed by atoms with van der Waals surface area (Å²) in [4.78, 5) is 10.6. The molecule has 3 aliphatic carbocycles. The number of hydrogen-bond acceptors (Lipinski definition) is 3. The van der Waals surface area contributed by atoms with Crippen molar-refractivity contribution in [3.63, 3.8) is 0 Å². The van der Waals surface area contributed by atoms with E-state index < -0.39 is 11.6 Å². The molecule has 0 atom stereocenters. The van der Waals surface area contributed by atoms with Gasteiger partial charge in [0, 0.05) is 12.4 Å². The van der Waals surface area contributed by atoms with Gasteiger partial charge in [0.05, 0.1) is 5.60 Å².